The summed E-state index contributed by atoms with van der Waals surface area (Å²) in [6.07, 6.45) is -0.285. The number of sulfonamides is 1. The lowest BCUT2D eigenvalue weighted by Crippen LogP contribution is -2.30. The van der Waals surface area contributed by atoms with Gasteiger partial charge in [0.15, 0.2) is 0 Å². The summed E-state index contributed by atoms with van der Waals surface area (Å²) >= 11 is 1.56. The zero-order valence-corrected chi connectivity index (χ0v) is 14.8. The van der Waals surface area contributed by atoms with Crippen LogP contribution in [0.3, 0.4) is 0 Å². The van der Waals surface area contributed by atoms with Crippen molar-refractivity contribution < 1.29 is 13.2 Å². The Hall–Kier alpha value is -1.21. The number of benzene rings is 1. The van der Waals surface area contributed by atoms with Crippen LogP contribution < -0.4 is 4.72 Å². The van der Waals surface area contributed by atoms with Crippen LogP contribution in [-0.4, -0.2) is 22.1 Å². The zero-order chi connectivity index (χ0) is 16.3. The molecule has 1 aromatic carbocycles. The lowest BCUT2D eigenvalue weighted by molar-refractivity contribution is 0.107. The minimum atomic E-state index is -3.56. The maximum Gasteiger partial charge on any atom is 0.241 e. The highest BCUT2D eigenvalue weighted by molar-refractivity contribution is 7.89. The SMILES string of the molecule is COC(CNS(=O)(=O)c1c(C)cc(C)cc1C)c1ccsc1. The summed E-state index contributed by atoms with van der Waals surface area (Å²) in [6, 6.07) is 5.71. The minimum absolute atomic E-state index is 0.211. The van der Waals surface area contributed by atoms with Crippen molar-refractivity contribution in [2.75, 3.05) is 13.7 Å². The Morgan fingerprint density at radius 1 is 1.23 bits per heavy atom. The van der Waals surface area contributed by atoms with Gasteiger partial charge in [0.05, 0.1) is 11.0 Å². The average molecular weight is 339 g/mol. The van der Waals surface area contributed by atoms with E-state index in [0.29, 0.717) is 4.90 Å². The van der Waals surface area contributed by atoms with Crippen LogP contribution >= 0.6 is 11.3 Å². The molecule has 0 bridgehead atoms. The third-order valence-corrected chi connectivity index (χ3v) is 5.96. The molecular weight excluding hydrogens is 318 g/mol. The van der Waals surface area contributed by atoms with Crippen molar-refractivity contribution >= 4 is 21.4 Å². The second-order valence-electron chi connectivity index (χ2n) is 5.36. The molecule has 0 aliphatic heterocycles. The largest absolute Gasteiger partial charge is 0.375 e. The Morgan fingerprint density at radius 2 is 1.86 bits per heavy atom. The van der Waals surface area contributed by atoms with E-state index in [-0.39, 0.29) is 12.6 Å². The molecule has 0 aliphatic rings. The van der Waals surface area contributed by atoms with Crippen LogP contribution in [-0.2, 0) is 14.8 Å². The molecule has 1 N–H and O–H groups in total. The molecule has 1 atom stereocenters. The van der Waals surface area contributed by atoms with Crippen molar-refractivity contribution in [2.45, 2.75) is 31.8 Å². The van der Waals surface area contributed by atoms with Gasteiger partial charge in [0.25, 0.3) is 0 Å². The van der Waals surface area contributed by atoms with E-state index >= 15 is 0 Å². The molecule has 1 unspecified atom stereocenters. The standard InChI is InChI=1S/C16H21NO3S2/c1-11-7-12(2)16(13(3)8-11)22(18,19)17-9-15(20-4)14-5-6-21-10-14/h5-8,10,15,17H,9H2,1-4H3. The summed E-state index contributed by atoms with van der Waals surface area (Å²) in [5.74, 6) is 0. The number of hydrogen-bond acceptors (Lipinski definition) is 4. The molecule has 0 saturated carbocycles. The molecule has 0 amide bonds. The third kappa shape index (κ3) is 3.76. The highest BCUT2D eigenvalue weighted by Crippen LogP contribution is 2.23. The van der Waals surface area contributed by atoms with Gasteiger partial charge in [0.1, 0.15) is 0 Å². The molecule has 1 aromatic heterocycles. The molecule has 120 valence electrons. The van der Waals surface area contributed by atoms with Crippen LogP contribution in [0.25, 0.3) is 0 Å². The van der Waals surface area contributed by atoms with Crippen LogP contribution in [0, 0.1) is 20.8 Å². The molecule has 0 aliphatic carbocycles. The Labute approximate surface area is 136 Å². The van der Waals surface area contributed by atoms with E-state index in [4.69, 9.17) is 4.74 Å². The number of ether oxygens (including phenoxy) is 1. The Balaban J connectivity index is 2.22. The zero-order valence-electron chi connectivity index (χ0n) is 13.2. The monoisotopic (exact) mass is 339 g/mol. The smallest absolute Gasteiger partial charge is 0.241 e. The first kappa shape index (κ1) is 17.1. The van der Waals surface area contributed by atoms with E-state index in [1.165, 1.54) is 0 Å². The maximum atomic E-state index is 12.6. The minimum Gasteiger partial charge on any atom is -0.375 e. The number of methoxy groups -OCH3 is 1. The Kier molecular flexibility index (Phi) is 5.39. The van der Waals surface area contributed by atoms with Gasteiger partial charge in [-0.05, 0) is 54.3 Å². The first-order valence-electron chi connectivity index (χ1n) is 6.97. The van der Waals surface area contributed by atoms with Crippen molar-refractivity contribution in [3.05, 3.63) is 51.2 Å². The molecule has 0 spiro atoms. The van der Waals surface area contributed by atoms with E-state index < -0.39 is 10.0 Å². The summed E-state index contributed by atoms with van der Waals surface area (Å²) in [5, 5.41) is 3.91. The van der Waals surface area contributed by atoms with Crippen LogP contribution in [0.15, 0.2) is 33.9 Å². The predicted molar refractivity (Wildman–Crippen MR) is 89.9 cm³/mol. The summed E-state index contributed by atoms with van der Waals surface area (Å²) in [4.78, 5) is 0.360. The van der Waals surface area contributed by atoms with Crippen molar-refractivity contribution in [1.82, 2.24) is 4.72 Å². The van der Waals surface area contributed by atoms with Crippen LogP contribution in [0.2, 0.25) is 0 Å². The van der Waals surface area contributed by atoms with Crippen LogP contribution in [0.4, 0.5) is 0 Å². The Morgan fingerprint density at radius 3 is 2.36 bits per heavy atom. The Bertz CT molecular complexity index is 714. The van der Waals surface area contributed by atoms with Gasteiger partial charge < -0.3 is 4.74 Å². The van der Waals surface area contributed by atoms with Gasteiger partial charge in [-0.15, -0.1) is 0 Å². The van der Waals surface area contributed by atoms with Crippen molar-refractivity contribution in [3.8, 4) is 0 Å². The topological polar surface area (TPSA) is 55.4 Å². The number of rotatable bonds is 6. The van der Waals surface area contributed by atoms with Crippen LogP contribution in [0.5, 0.6) is 0 Å². The first-order valence-corrected chi connectivity index (χ1v) is 9.40. The normalized spacial score (nSPS) is 13.3. The fourth-order valence-corrected chi connectivity index (χ4v) is 4.83. The highest BCUT2D eigenvalue weighted by atomic mass is 32.2. The molecule has 1 heterocycles. The number of hydrogen-bond donors (Lipinski definition) is 1. The van der Waals surface area contributed by atoms with Crippen molar-refractivity contribution in [1.29, 1.82) is 0 Å². The van der Waals surface area contributed by atoms with Crippen LogP contribution in [0.1, 0.15) is 28.4 Å². The molecular formula is C16H21NO3S2. The summed E-state index contributed by atoms with van der Waals surface area (Å²) < 4.78 is 33.3. The van der Waals surface area contributed by atoms with Gasteiger partial charge in [0.2, 0.25) is 10.0 Å². The van der Waals surface area contributed by atoms with Gasteiger partial charge >= 0.3 is 0 Å². The van der Waals surface area contributed by atoms with E-state index in [2.05, 4.69) is 4.72 Å². The second kappa shape index (κ2) is 6.91. The highest BCUT2D eigenvalue weighted by Gasteiger charge is 2.22. The van der Waals surface area contributed by atoms with Gasteiger partial charge in [-0.1, -0.05) is 17.7 Å². The van der Waals surface area contributed by atoms with Crippen molar-refractivity contribution in [3.63, 3.8) is 0 Å². The van der Waals surface area contributed by atoms with E-state index in [0.717, 1.165) is 22.3 Å². The molecule has 4 nitrogen and oxygen atoms in total. The molecule has 2 rings (SSSR count). The maximum absolute atomic E-state index is 12.6. The van der Waals surface area contributed by atoms with Gasteiger partial charge in [0, 0.05) is 13.7 Å². The van der Waals surface area contributed by atoms with Gasteiger partial charge in [-0.3, -0.25) is 0 Å². The molecule has 2 aromatic rings. The number of thiophene rings is 1. The third-order valence-electron chi connectivity index (χ3n) is 3.53. The van der Waals surface area contributed by atoms with Gasteiger partial charge in [-0.25, -0.2) is 13.1 Å². The number of nitrogens with one attached hydrogen (secondary N) is 1. The van der Waals surface area contributed by atoms with E-state index in [1.807, 2.05) is 49.7 Å². The fourth-order valence-electron chi connectivity index (χ4n) is 2.64. The predicted octanol–water partition coefficient (Wildman–Crippen LogP) is 3.34. The average Bonchev–Trinajstić information content (AvgIpc) is 2.91. The summed E-state index contributed by atoms with van der Waals surface area (Å²) in [7, 11) is -1.98. The van der Waals surface area contributed by atoms with Crippen molar-refractivity contribution in [2.24, 2.45) is 0 Å². The lowest BCUT2D eigenvalue weighted by atomic mass is 10.1. The molecule has 0 saturated heterocycles. The number of aryl methyl sites for hydroxylation is 3. The molecule has 6 heteroatoms. The fraction of sp³-hybridized carbons (Fsp3) is 0.375. The molecule has 22 heavy (non-hydrogen) atoms. The second-order valence-corrected chi connectivity index (χ2v) is 7.84. The van der Waals surface area contributed by atoms with E-state index in [1.54, 1.807) is 18.4 Å². The lowest BCUT2D eigenvalue weighted by Gasteiger charge is -2.17. The quantitative estimate of drug-likeness (QED) is 0.878. The van der Waals surface area contributed by atoms with Gasteiger partial charge in [-0.2, -0.15) is 11.3 Å². The molecule has 0 radical (unpaired) electrons. The first-order chi connectivity index (χ1) is 10.3. The van der Waals surface area contributed by atoms with E-state index in [9.17, 15) is 8.42 Å². The summed E-state index contributed by atoms with van der Waals surface area (Å²) in [5.41, 5.74) is 3.55. The summed E-state index contributed by atoms with van der Waals surface area (Å²) in [6.45, 7) is 5.81. The molecule has 0 fully saturated rings.